The molecule has 5 aromatic rings. The number of unbranched alkanes of at least 4 members (excludes halogenated alkanes) is 1. The summed E-state index contributed by atoms with van der Waals surface area (Å²) in [6, 6.07) is 42.3. The summed E-state index contributed by atoms with van der Waals surface area (Å²) in [6.07, 6.45) is 12.3. The summed E-state index contributed by atoms with van der Waals surface area (Å²) in [6.45, 7) is 3.32. The molecule has 0 unspecified atom stereocenters. The van der Waals surface area contributed by atoms with Gasteiger partial charge in [-0.05, 0) is 0 Å². The molecule has 0 fully saturated rings. The number of hydrogen-bond acceptors (Lipinski definition) is 0. The summed E-state index contributed by atoms with van der Waals surface area (Å²) < 4.78 is 4.66. The fourth-order valence-corrected chi connectivity index (χ4v) is 9.70. The van der Waals surface area contributed by atoms with Crippen molar-refractivity contribution >= 4 is 23.2 Å². The SMILES string of the molecule is CCCC[n+]1ccc(-c2cc[n+](C[PH](c3ccccc3)(c3ccccc3)c3ccccc3)cc2)cc1. The second kappa shape index (κ2) is 11.4. The molecule has 180 valence electrons. The molecule has 0 radical (unpaired) electrons. The van der Waals surface area contributed by atoms with Gasteiger partial charge in [-0.1, -0.05) is 6.92 Å². The fraction of sp³-hybridized carbons (Fsp3) is 0.152. The van der Waals surface area contributed by atoms with Crippen LogP contribution in [0.15, 0.2) is 140 Å². The van der Waals surface area contributed by atoms with Crippen molar-refractivity contribution < 1.29 is 9.13 Å². The normalized spacial score (nSPS) is 11.8. The standard InChI is InChI=1S/C33H35N2P/c1-2-3-23-34-24-19-29(20-25-34)30-21-26-35(27-22-30)28-36(31-13-7-4-8-14-31,32-15-9-5-10-16-32)33-17-11-6-12-18-33/h4-22,24-27,36H,2-3,23,28H2,1H3/q+2. The molecule has 2 nitrogen and oxygen atoms in total. The Balaban J connectivity index is 1.53. The number of benzene rings is 3. The first-order chi connectivity index (χ1) is 17.8. The quantitative estimate of drug-likeness (QED) is 0.193. The van der Waals surface area contributed by atoms with E-state index in [1.807, 2.05) is 0 Å². The summed E-state index contributed by atoms with van der Waals surface area (Å²) in [5, 5.41) is 4.29. The molecule has 0 saturated heterocycles. The zero-order valence-electron chi connectivity index (χ0n) is 21.0. The molecule has 0 N–H and O–H groups in total. The molecule has 0 spiro atoms. The van der Waals surface area contributed by atoms with Crippen LogP contribution in [-0.4, -0.2) is 0 Å². The Hall–Kier alpha value is -3.61. The van der Waals surface area contributed by atoms with Crippen molar-refractivity contribution in [3.8, 4) is 11.1 Å². The molecular formula is C33H35N2P+2. The third-order valence-corrected chi connectivity index (χ3v) is 11.9. The van der Waals surface area contributed by atoms with Crippen molar-refractivity contribution in [2.75, 3.05) is 0 Å². The molecule has 0 aliphatic rings. The van der Waals surface area contributed by atoms with Crippen LogP contribution in [0.3, 0.4) is 0 Å². The molecule has 2 heterocycles. The molecule has 36 heavy (non-hydrogen) atoms. The van der Waals surface area contributed by atoms with E-state index in [1.54, 1.807) is 0 Å². The van der Waals surface area contributed by atoms with Crippen molar-refractivity contribution in [2.24, 2.45) is 0 Å². The average molecular weight is 491 g/mol. The zero-order chi connectivity index (χ0) is 24.6. The van der Waals surface area contributed by atoms with Crippen LogP contribution in [0.4, 0.5) is 0 Å². The summed E-state index contributed by atoms with van der Waals surface area (Å²) in [5.41, 5.74) is 2.51. The van der Waals surface area contributed by atoms with Crippen LogP contribution in [0.5, 0.6) is 0 Å². The van der Waals surface area contributed by atoms with Gasteiger partial charge in [0.15, 0.2) is 0 Å². The second-order valence-electron chi connectivity index (χ2n) is 9.44. The Morgan fingerprint density at radius 1 is 0.500 bits per heavy atom. The Labute approximate surface area is 215 Å². The van der Waals surface area contributed by atoms with Gasteiger partial charge in [0.05, 0.1) is 0 Å². The van der Waals surface area contributed by atoms with Crippen LogP contribution in [0.25, 0.3) is 11.1 Å². The maximum atomic E-state index is 2.38. The van der Waals surface area contributed by atoms with Crippen LogP contribution in [0.2, 0.25) is 0 Å². The van der Waals surface area contributed by atoms with Crippen LogP contribution in [0.1, 0.15) is 19.8 Å². The van der Waals surface area contributed by atoms with Gasteiger partial charge in [0.25, 0.3) is 0 Å². The predicted octanol–water partition coefficient (Wildman–Crippen LogP) is 5.41. The van der Waals surface area contributed by atoms with Crippen LogP contribution in [-0.2, 0) is 12.8 Å². The number of aryl methyl sites for hydroxylation is 1. The van der Waals surface area contributed by atoms with E-state index in [0.29, 0.717) is 0 Å². The summed E-state index contributed by atoms with van der Waals surface area (Å²) in [4.78, 5) is 0. The Morgan fingerprint density at radius 3 is 1.28 bits per heavy atom. The van der Waals surface area contributed by atoms with Crippen LogP contribution in [0, 0.1) is 0 Å². The van der Waals surface area contributed by atoms with Gasteiger partial charge in [-0.3, -0.25) is 0 Å². The van der Waals surface area contributed by atoms with E-state index in [9.17, 15) is 0 Å². The average Bonchev–Trinajstić information content (AvgIpc) is 2.97. The first kappa shape index (κ1) is 24.1. The van der Waals surface area contributed by atoms with Gasteiger partial charge in [-0.2, -0.15) is 0 Å². The van der Waals surface area contributed by atoms with E-state index in [0.717, 1.165) is 12.8 Å². The summed E-state index contributed by atoms with van der Waals surface area (Å²) >= 11 is 0. The fourth-order valence-electron chi connectivity index (χ4n) is 5.11. The number of rotatable bonds is 9. The first-order valence-corrected chi connectivity index (χ1v) is 15.2. The maximum absolute atomic E-state index is 2.38. The van der Waals surface area contributed by atoms with E-state index in [4.69, 9.17) is 0 Å². The van der Waals surface area contributed by atoms with E-state index in [2.05, 4.69) is 156 Å². The summed E-state index contributed by atoms with van der Waals surface area (Å²) in [5.74, 6) is 0. The van der Waals surface area contributed by atoms with Crippen molar-refractivity contribution in [2.45, 2.75) is 32.6 Å². The topological polar surface area (TPSA) is 7.76 Å². The number of nitrogens with zero attached hydrogens (tertiary/aromatic N) is 2. The third-order valence-electron chi connectivity index (χ3n) is 7.10. The van der Waals surface area contributed by atoms with Crippen LogP contribution < -0.4 is 25.0 Å². The Kier molecular flexibility index (Phi) is 7.64. The van der Waals surface area contributed by atoms with Crippen LogP contribution >= 0.6 is 7.26 Å². The zero-order valence-corrected chi connectivity index (χ0v) is 22.0. The second-order valence-corrected chi connectivity index (χ2v) is 13.3. The van der Waals surface area contributed by atoms with E-state index in [1.165, 1.54) is 39.9 Å². The number of pyridine rings is 2. The third kappa shape index (κ3) is 5.15. The minimum atomic E-state index is -2.32. The van der Waals surface area contributed by atoms with Gasteiger partial charge < -0.3 is 0 Å². The molecule has 0 atom stereocenters. The minimum absolute atomic E-state index is 0.942. The van der Waals surface area contributed by atoms with Gasteiger partial charge in [0.2, 0.25) is 0 Å². The van der Waals surface area contributed by atoms with Crippen molar-refractivity contribution in [3.05, 3.63) is 140 Å². The van der Waals surface area contributed by atoms with Gasteiger partial charge in [0.1, 0.15) is 0 Å². The number of hydrogen-bond donors (Lipinski definition) is 0. The van der Waals surface area contributed by atoms with Gasteiger partial charge in [0, 0.05) is 0 Å². The van der Waals surface area contributed by atoms with E-state index < -0.39 is 7.26 Å². The molecule has 3 heteroatoms. The molecule has 0 saturated carbocycles. The van der Waals surface area contributed by atoms with Gasteiger partial charge >= 0.3 is 209 Å². The van der Waals surface area contributed by atoms with Gasteiger partial charge in [-0.25, -0.2) is 0 Å². The number of aromatic nitrogens is 2. The Morgan fingerprint density at radius 2 is 0.889 bits per heavy atom. The molecule has 0 amide bonds. The first-order valence-electron chi connectivity index (χ1n) is 12.9. The van der Waals surface area contributed by atoms with E-state index >= 15 is 0 Å². The molecule has 0 aliphatic carbocycles. The molecule has 0 aliphatic heterocycles. The predicted molar refractivity (Wildman–Crippen MR) is 154 cm³/mol. The molecule has 0 bridgehead atoms. The molecule has 2 aromatic heterocycles. The monoisotopic (exact) mass is 490 g/mol. The van der Waals surface area contributed by atoms with Crippen molar-refractivity contribution in [3.63, 3.8) is 0 Å². The molecule has 5 rings (SSSR count). The summed E-state index contributed by atoms with van der Waals surface area (Å²) in [7, 11) is -2.32. The van der Waals surface area contributed by atoms with Crippen molar-refractivity contribution in [1.29, 1.82) is 0 Å². The van der Waals surface area contributed by atoms with Crippen molar-refractivity contribution in [1.82, 2.24) is 0 Å². The molecular weight excluding hydrogens is 455 g/mol. The molecule has 3 aromatic carbocycles. The van der Waals surface area contributed by atoms with E-state index in [-0.39, 0.29) is 0 Å². The Bertz CT molecular complexity index is 1250. The van der Waals surface area contributed by atoms with Gasteiger partial charge in [-0.15, -0.1) is 0 Å².